The molecule has 2 heterocycles. The first-order chi connectivity index (χ1) is 22.2. The van der Waals surface area contributed by atoms with Gasteiger partial charge in [0.1, 0.15) is 18.0 Å². The monoisotopic (exact) mass is 650 g/mol. The van der Waals surface area contributed by atoms with Crippen molar-refractivity contribution in [3.63, 3.8) is 0 Å². The highest BCUT2D eigenvalue weighted by Gasteiger charge is 2.52. The highest BCUT2D eigenvalue weighted by Crippen LogP contribution is 2.44. The normalized spacial score (nSPS) is 19.6. The Morgan fingerprint density at radius 1 is 1.17 bits per heavy atom. The van der Waals surface area contributed by atoms with Crippen LogP contribution in [0.4, 0.5) is 9.59 Å². The van der Waals surface area contributed by atoms with E-state index >= 15 is 0 Å². The molecule has 1 aliphatic carbocycles. The first-order valence-electron chi connectivity index (χ1n) is 16.6. The van der Waals surface area contributed by atoms with Crippen LogP contribution in [0.2, 0.25) is 0 Å². The van der Waals surface area contributed by atoms with E-state index < -0.39 is 17.3 Å². The summed E-state index contributed by atoms with van der Waals surface area (Å²) in [5, 5.41) is 2.73. The Labute approximate surface area is 278 Å². The second-order valence-electron chi connectivity index (χ2n) is 13.7. The number of nitrogens with zero attached hydrogens (tertiary/aromatic N) is 3. The van der Waals surface area contributed by atoms with E-state index in [-0.39, 0.29) is 49.7 Å². The summed E-state index contributed by atoms with van der Waals surface area (Å²) in [5.41, 5.74) is 0.100. The van der Waals surface area contributed by atoms with Crippen molar-refractivity contribution in [2.75, 3.05) is 26.2 Å². The van der Waals surface area contributed by atoms with Crippen molar-refractivity contribution in [2.24, 2.45) is 0 Å². The molecule has 1 aromatic carbocycles. The minimum Gasteiger partial charge on any atom is -0.475 e. The molecule has 3 aliphatic rings. The van der Waals surface area contributed by atoms with E-state index in [2.05, 4.69) is 11.9 Å². The van der Waals surface area contributed by atoms with E-state index in [0.717, 1.165) is 24.8 Å². The summed E-state index contributed by atoms with van der Waals surface area (Å²) in [5.74, 6) is 0.000152. The van der Waals surface area contributed by atoms with Gasteiger partial charge in [0, 0.05) is 37.8 Å². The van der Waals surface area contributed by atoms with E-state index in [1.165, 1.54) is 0 Å². The Balaban J connectivity index is 1.51. The molecule has 2 fully saturated rings. The Morgan fingerprint density at radius 3 is 2.47 bits per heavy atom. The Morgan fingerprint density at radius 2 is 1.87 bits per heavy atom. The molecule has 4 rings (SSSR count). The molecule has 1 spiro atoms. The second kappa shape index (κ2) is 15.1. The average molecular weight is 651 g/mol. The molecule has 11 nitrogen and oxygen atoms in total. The third-order valence-electron chi connectivity index (χ3n) is 8.57. The number of rotatable bonds is 10. The highest BCUT2D eigenvalue weighted by atomic mass is 16.6. The van der Waals surface area contributed by atoms with Gasteiger partial charge in [0.15, 0.2) is 5.60 Å². The number of carbonyl (C=O) groups is 4. The number of allylic oxidation sites excluding steroid dienone is 2. The maximum atomic E-state index is 14.1. The second-order valence-corrected chi connectivity index (χ2v) is 13.7. The fraction of sp³-hybridized carbons (Fsp3) is 0.556. The maximum Gasteiger partial charge on any atom is 0.410 e. The number of piperidine rings is 1. The number of hydrogen-bond donors (Lipinski definition) is 1. The van der Waals surface area contributed by atoms with Gasteiger partial charge >= 0.3 is 12.2 Å². The Bertz CT molecular complexity index is 1390. The first kappa shape index (κ1) is 35.6. The molecule has 1 saturated heterocycles. The van der Waals surface area contributed by atoms with Crippen LogP contribution in [0.25, 0.3) is 0 Å². The smallest absolute Gasteiger partial charge is 0.410 e. The standard InChI is InChI=1S/C36H50N4O7/c1-8-30-29(22-26(4)31(41)40(25(2)3)28-16-12-20-38(23-28)34(44)47-35(5,6)7)39(32(42)36(46-30)17-13-18-36)21-19-37-33(43)45-24-27-14-10-9-11-15-27/h8-11,14-15,22,25,28H,1,12-13,16-21,23-24H2,2-7H3,(H,37,43)/b26-22+/t28-/m1/s1. The van der Waals surface area contributed by atoms with Gasteiger partial charge in [-0.1, -0.05) is 36.9 Å². The van der Waals surface area contributed by atoms with Crippen molar-refractivity contribution >= 4 is 24.0 Å². The quantitative estimate of drug-likeness (QED) is 0.324. The molecule has 1 aromatic rings. The van der Waals surface area contributed by atoms with Gasteiger partial charge in [-0.25, -0.2) is 9.59 Å². The molecule has 4 amide bonds. The van der Waals surface area contributed by atoms with Crippen LogP contribution in [0, 0.1) is 0 Å². The molecule has 2 aliphatic heterocycles. The summed E-state index contributed by atoms with van der Waals surface area (Å²) in [7, 11) is 0. The number of alkyl carbamates (subject to hydrolysis) is 1. The molecule has 0 radical (unpaired) electrons. The lowest BCUT2D eigenvalue weighted by Gasteiger charge is -2.47. The summed E-state index contributed by atoms with van der Waals surface area (Å²) < 4.78 is 17.2. The van der Waals surface area contributed by atoms with Crippen LogP contribution in [0.1, 0.15) is 79.2 Å². The number of nitrogens with one attached hydrogen (secondary N) is 1. The van der Waals surface area contributed by atoms with Gasteiger partial charge in [-0.3, -0.25) is 9.59 Å². The number of amides is 4. The van der Waals surface area contributed by atoms with Crippen molar-refractivity contribution < 1.29 is 33.4 Å². The van der Waals surface area contributed by atoms with E-state index in [0.29, 0.717) is 43.0 Å². The summed E-state index contributed by atoms with van der Waals surface area (Å²) in [4.78, 5) is 58.3. The van der Waals surface area contributed by atoms with Crippen molar-refractivity contribution in [3.8, 4) is 0 Å². The van der Waals surface area contributed by atoms with Gasteiger partial charge in [0.25, 0.3) is 5.91 Å². The molecular formula is C36H50N4O7. The lowest BCUT2D eigenvalue weighted by atomic mass is 9.77. The molecule has 47 heavy (non-hydrogen) atoms. The number of likely N-dealkylation sites (tertiary alicyclic amines) is 1. The topological polar surface area (TPSA) is 118 Å². The van der Waals surface area contributed by atoms with Crippen molar-refractivity contribution in [1.82, 2.24) is 20.0 Å². The number of carbonyl (C=O) groups excluding carboxylic acids is 4. The van der Waals surface area contributed by atoms with Gasteiger partial charge in [0.2, 0.25) is 5.91 Å². The molecule has 11 heteroatoms. The van der Waals surface area contributed by atoms with Gasteiger partial charge in [-0.05, 0) is 91.4 Å². The minimum absolute atomic E-state index is 0.130. The van der Waals surface area contributed by atoms with E-state index in [4.69, 9.17) is 14.2 Å². The molecule has 0 unspecified atom stereocenters. The van der Waals surface area contributed by atoms with E-state index in [9.17, 15) is 19.2 Å². The van der Waals surface area contributed by atoms with Crippen LogP contribution in [0.3, 0.4) is 0 Å². The predicted octanol–water partition coefficient (Wildman–Crippen LogP) is 5.67. The maximum absolute atomic E-state index is 14.1. The zero-order valence-electron chi connectivity index (χ0n) is 28.7. The minimum atomic E-state index is -0.968. The Kier molecular flexibility index (Phi) is 11.4. The summed E-state index contributed by atoms with van der Waals surface area (Å²) >= 11 is 0. The Hall–Kier alpha value is -4.28. The molecule has 0 bridgehead atoms. The third kappa shape index (κ3) is 8.75. The van der Waals surface area contributed by atoms with Crippen molar-refractivity contribution in [1.29, 1.82) is 0 Å². The van der Waals surface area contributed by atoms with Gasteiger partial charge in [-0.2, -0.15) is 0 Å². The van der Waals surface area contributed by atoms with Crippen LogP contribution in [0.5, 0.6) is 0 Å². The molecular weight excluding hydrogens is 600 g/mol. The molecule has 1 atom stereocenters. The van der Waals surface area contributed by atoms with Gasteiger partial charge in [-0.15, -0.1) is 0 Å². The van der Waals surface area contributed by atoms with Crippen LogP contribution in [0.15, 0.2) is 66.1 Å². The van der Waals surface area contributed by atoms with E-state index in [1.807, 2.05) is 69.9 Å². The fourth-order valence-electron chi connectivity index (χ4n) is 6.14. The van der Waals surface area contributed by atoms with Crippen LogP contribution in [-0.4, -0.2) is 88.2 Å². The molecule has 1 N–H and O–H groups in total. The summed E-state index contributed by atoms with van der Waals surface area (Å²) in [6, 6.07) is 9.02. The summed E-state index contributed by atoms with van der Waals surface area (Å²) in [6.45, 7) is 16.4. The lowest BCUT2D eigenvalue weighted by molar-refractivity contribution is -0.166. The van der Waals surface area contributed by atoms with Crippen LogP contribution in [-0.2, 0) is 30.4 Å². The lowest BCUT2D eigenvalue weighted by Crippen LogP contribution is -2.58. The zero-order chi connectivity index (χ0) is 34.4. The predicted molar refractivity (Wildman–Crippen MR) is 178 cm³/mol. The number of benzene rings is 1. The van der Waals surface area contributed by atoms with Gasteiger partial charge < -0.3 is 34.2 Å². The highest BCUT2D eigenvalue weighted by molar-refractivity contribution is 5.95. The van der Waals surface area contributed by atoms with Crippen LogP contribution < -0.4 is 5.32 Å². The van der Waals surface area contributed by atoms with Crippen molar-refractivity contribution in [3.05, 3.63) is 71.7 Å². The number of hydrogen-bond acceptors (Lipinski definition) is 7. The average Bonchev–Trinajstić information content (AvgIpc) is 3.00. The first-order valence-corrected chi connectivity index (χ1v) is 16.6. The zero-order valence-corrected chi connectivity index (χ0v) is 28.7. The summed E-state index contributed by atoms with van der Waals surface area (Å²) in [6.07, 6.45) is 5.77. The number of ether oxygens (including phenoxy) is 3. The molecule has 1 saturated carbocycles. The van der Waals surface area contributed by atoms with Gasteiger partial charge in [0.05, 0.1) is 11.7 Å². The molecule has 0 aromatic heterocycles. The molecule has 256 valence electrons. The third-order valence-corrected chi connectivity index (χ3v) is 8.57. The fourth-order valence-corrected chi connectivity index (χ4v) is 6.14. The largest absolute Gasteiger partial charge is 0.475 e. The van der Waals surface area contributed by atoms with Crippen molar-refractivity contribution in [2.45, 2.75) is 104 Å². The van der Waals surface area contributed by atoms with E-state index in [1.54, 1.807) is 28.9 Å². The SMILES string of the molecule is C=CC1=C(/C=C(\C)C(=O)N(C(C)C)[C@@H]2CCCN(C(=O)OC(C)(C)C)C2)N(CCNC(=O)OCc2ccccc2)C(=O)C2(CCC2)O1. The van der Waals surface area contributed by atoms with Crippen LogP contribution >= 0.6 is 0 Å².